The van der Waals surface area contributed by atoms with Crippen molar-refractivity contribution in [2.45, 2.75) is 26.3 Å². The van der Waals surface area contributed by atoms with Crippen LogP contribution in [0.15, 0.2) is 57.7 Å². The Kier molecular flexibility index (Phi) is 6.97. The van der Waals surface area contributed by atoms with E-state index >= 15 is 0 Å². The molecular weight excluding hydrogens is 351 g/mol. The van der Waals surface area contributed by atoms with Crippen LogP contribution in [-0.4, -0.2) is 46.8 Å². The number of carbonyl (C=O) groups excluding carboxylic acids is 1. The number of rotatable bonds is 5. The molecular formula is C19H25FN4OS. The fourth-order valence-corrected chi connectivity index (χ4v) is 4.29. The molecule has 1 amide bonds. The Morgan fingerprint density at radius 2 is 2.23 bits per heavy atom. The first-order chi connectivity index (χ1) is 12.4. The molecule has 0 aromatic rings. The van der Waals surface area contributed by atoms with Gasteiger partial charge in [-0.15, -0.1) is 0 Å². The molecule has 140 valence electrons. The lowest BCUT2D eigenvalue weighted by Crippen LogP contribution is -2.43. The van der Waals surface area contributed by atoms with Crippen LogP contribution in [0.1, 0.15) is 20.8 Å². The molecule has 2 heterocycles. The normalized spacial score (nSPS) is 27.6. The fraction of sp³-hybridized carbons (Fsp3) is 0.421. The molecule has 0 radical (unpaired) electrons. The topological polar surface area (TPSA) is 71.0 Å². The number of thioether (sulfide) groups is 1. The van der Waals surface area contributed by atoms with E-state index in [2.05, 4.69) is 11.1 Å². The van der Waals surface area contributed by atoms with Gasteiger partial charge in [-0.25, -0.2) is 9.98 Å². The van der Waals surface area contributed by atoms with Crippen molar-refractivity contribution in [2.75, 3.05) is 18.8 Å². The lowest BCUT2D eigenvalue weighted by Gasteiger charge is -2.35. The highest BCUT2D eigenvalue weighted by molar-refractivity contribution is 8.13. The molecule has 5 nitrogen and oxygen atoms in total. The zero-order chi connectivity index (χ0) is 19.2. The molecule has 1 saturated heterocycles. The van der Waals surface area contributed by atoms with Crippen molar-refractivity contribution in [3.05, 3.63) is 47.7 Å². The van der Waals surface area contributed by atoms with Crippen LogP contribution in [0.2, 0.25) is 0 Å². The minimum Gasteiger partial charge on any atom is -0.379 e. The van der Waals surface area contributed by atoms with Crippen LogP contribution in [0.25, 0.3) is 0 Å². The summed E-state index contributed by atoms with van der Waals surface area (Å²) in [7, 11) is 0. The Hall–Kier alpha value is -2.15. The average molecular weight is 377 g/mol. The number of nitrogens with two attached hydrogens (primary N) is 1. The summed E-state index contributed by atoms with van der Waals surface area (Å²) in [6, 6.07) is 0. The molecule has 0 saturated carbocycles. The SMILES string of the molecule is CC=C(C=CC=CN=CF)C=C(C)[C@]12CN(C(C)=O)C[C@H]1CSC(N)=N2. The van der Waals surface area contributed by atoms with Gasteiger partial charge in [0.2, 0.25) is 5.91 Å². The minimum absolute atomic E-state index is 0.0649. The Balaban J connectivity index is 2.30. The second-order valence-corrected chi connectivity index (χ2v) is 7.39. The molecule has 0 unspecified atom stereocenters. The first-order valence-corrected chi connectivity index (χ1v) is 9.45. The summed E-state index contributed by atoms with van der Waals surface area (Å²) in [4.78, 5) is 21.9. The quantitative estimate of drug-likeness (QED) is 0.591. The maximum absolute atomic E-state index is 11.9. The highest BCUT2D eigenvalue weighted by Gasteiger charge is 2.50. The van der Waals surface area contributed by atoms with Gasteiger partial charge in [0.25, 0.3) is 0 Å². The summed E-state index contributed by atoms with van der Waals surface area (Å²) in [5.74, 6) is 1.17. The summed E-state index contributed by atoms with van der Waals surface area (Å²) in [6.45, 7) is 7.10. The highest BCUT2D eigenvalue weighted by atomic mass is 32.2. The number of carbonyl (C=O) groups is 1. The van der Waals surface area contributed by atoms with Crippen molar-refractivity contribution in [1.29, 1.82) is 0 Å². The van der Waals surface area contributed by atoms with Gasteiger partial charge in [-0.05, 0) is 31.1 Å². The number of aliphatic imine (C=N–C) groups is 2. The van der Waals surface area contributed by atoms with Gasteiger partial charge < -0.3 is 10.6 Å². The van der Waals surface area contributed by atoms with Gasteiger partial charge >= 0.3 is 0 Å². The largest absolute Gasteiger partial charge is 0.379 e. The number of allylic oxidation sites excluding steroid dienone is 6. The number of halogens is 1. The number of fused-ring (bicyclic) bond motifs is 1. The van der Waals surface area contributed by atoms with Gasteiger partial charge in [0.05, 0.1) is 6.54 Å². The zero-order valence-electron chi connectivity index (χ0n) is 15.4. The third-order valence-corrected chi connectivity index (χ3v) is 5.72. The number of amidine groups is 1. The van der Waals surface area contributed by atoms with Crippen molar-refractivity contribution in [3.63, 3.8) is 0 Å². The fourth-order valence-electron chi connectivity index (χ4n) is 3.31. The monoisotopic (exact) mass is 376 g/mol. The maximum atomic E-state index is 11.9. The van der Waals surface area contributed by atoms with E-state index in [4.69, 9.17) is 10.7 Å². The predicted molar refractivity (Wildman–Crippen MR) is 108 cm³/mol. The van der Waals surface area contributed by atoms with E-state index in [1.165, 1.54) is 6.20 Å². The molecule has 2 rings (SSSR count). The molecule has 1 fully saturated rings. The molecule has 2 aliphatic rings. The van der Waals surface area contributed by atoms with E-state index < -0.39 is 5.54 Å². The van der Waals surface area contributed by atoms with Gasteiger partial charge in [-0.2, -0.15) is 4.39 Å². The second-order valence-electron chi connectivity index (χ2n) is 6.35. The maximum Gasteiger partial charge on any atom is 0.219 e. The summed E-state index contributed by atoms with van der Waals surface area (Å²) in [5, 5.41) is 0.573. The van der Waals surface area contributed by atoms with E-state index in [1.807, 2.05) is 30.9 Å². The second kappa shape index (κ2) is 8.98. The molecule has 26 heavy (non-hydrogen) atoms. The first-order valence-electron chi connectivity index (χ1n) is 8.46. The molecule has 0 bridgehead atoms. The third-order valence-electron chi connectivity index (χ3n) is 4.76. The van der Waals surface area contributed by atoms with Gasteiger partial charge in [0.15, 0.2) is 11.6 Å². The molecule has 7 heteroatoms. The Morgan fingerprint density at radius 3 is 2.88 bits per heavy atom. The van der Waals surface area contributed by atoms with E-state index in [-0.39, 0.29) is 18.3 Å². The summed E-state index contributed by atoms with van der Waals surface area (Å²) < 4.78 is 11.8. The number of hydrogen-bond acceptors (Lipinski definition) is 5. The van der Waals surface area contributed by atoms with E-state index in [0.29, 0.717) is 18.3 Å². The highest BCUT2D eigenvalue weighted by Crippen LogP contribution is 2.43. The Bertz CT molecular complexity index is 723. The molecule has 0 spiro atoms. The van der Waals surface area contributed by atoms with Crippen LogP contribution in [0.5, 0.6) is 0 Å². The van der Waals surface area contributed by atoms with Crippen molar-refractivity contribution >= 4 is 29.3 Å². The lowest BCUT2D eigenvalue weighted by atomic mass is 9.81. The molecule has 0 aromatic heterocycles. The van der Waals surface area contributed by atoms with Gasteiger partial charge in [-0.3, -0.25) is 4.79 Å². The first kappa shape index (κ1) is 20.2. The predicted octanol–water partition coefficient (Wildman–Crippen LogP) is 3.23. The smallest absolute Gasteiger partial charge is 0.219 e. The Morgan fingerprint density at radius 1 is 1.46 bits per heavy atom. The summed E-state index contributed by atoms with van der Waals surface area (Å²) in [5.41, 5.74) is 7.64. The number of amides is 1. The van der Waals surface area contributed by atoms with Crippen LogP contribution >= 0.6 is 11.8 Å². The third kappa shape index (κ3) is 4.52. The molecule has 0 aliphatic carbocycles. The molecule has 2 aliphatic heterocycles. The van der Waals surface area contributed by atoms with Gasteiger partial charge in [0, 0.05) is 31.3 Å². The number of nitrogens with zero attached hydrogens (tertiary/aromatic N) is 3. The summed E-state index contributed by atoms with van der Waals surface area (Å²) >= 11 is 1.55. The van der Waals surface area contributed by atoms with Gasteiger partial charge in [-0.1, -0.05) is 36.1 Å². The van der Waals surface area contributed by atoms with Crippen molar-refractivity contribution in [1.82, 2.24) is 4.90 Å². The van der Waals surface area contributed by atoms with E-state index in [9.17, 15) is 9.18 Å². The van der Waals surface area contributed by atoms with E-state index in [1.54, 1.807) is 30.8 Å². The lowest BCUT2D eigenvalue weighted by molar-refractivity contribution is -0.128. The molecule has 2 N–H and O–H groups in total. The van der Waals surface area contributed by atoms with Crippen LogP contribution in [0.4, 0.5) is 4.39 Å². The minimum atomic E-state index is -0.461. The van der Waals surface area contributed by atoms with Crippen molar-refractivity contribution in [3.8, 4) is 0 Å². The zero-order valence-corrected chi connectivity index (χ0v) is 16.2. The van der Waals surface area contributed by atoms with E-state index in [0.717, 1.165) is 16.9 Å². The van der Waals surface area contributed by atoms with Crippen LogP contribution in [0, 0.1) is 5.92 Å². The molecule has 0 aromatic carbocycles. The van der Waals surface area contributed by atoms with Crippen LogP contribution in [0.3, 0.4) is 0 Å². The van der Waals surface area contributed by atoms with Crippen molar-refractivity contribution < 1.29 is 9.18 Å². The van der Waals surface area contributed by atoms with Crippen LogP contribution < -0.4 is 5.73 Å². The number of likely N-dealkylation sites (tertiary alicyclic amines) is 1. The Labute approximate surface area is 158 Å². The van der Waals surface area contributed by atoms with Crippen molar-refractivity contribution in [2.24, 2.45) is 21.6 Å². The molecule has 2 atom stereocenters. The van der Waals surface area contributed by atoms with Crippen LogP contribution in [-0.2, 0) is 4.79 Å². The number of hydrogen-bond donors (Lipinski definition) is 1. The average Bonchev–Trinajstić information content (AvgIpc) is 3.00. The van der Waals surface area contributed by atoms with Gasteiger partial charge in [0.1, 0.15) is 5.54 Å². The summed E-state index contributed by atoms with van der Waals surface area (Å²) in [6.07, 6.45) is 10.8. The standard InChI is InChI=1S/C19H25FN4OS/c1-4-16(7-5-6-8-22-13-20)9-14(2)19-12-24(15(3)25)10-17(19)11-26-18(21)23-19/h4-9,13,17H,10-12H2,1-3H3,(H2,21,23)/t17-,19+/m0/s1.